The van der Waals surface area contributed by atoms with Gasteiger partial charge in [0.25, 0.3) is 0 Å². The molecule has 1 saturated heterocycles. The first kappa shape index (κ1) is 12.5. The summed E-state index contributed by atoms with van der Waals surface area (Å²) in [7, 11) is 0. The van der Waals surface area contributed by atoms with Crippen molar-refractivity contribution in [3.05, 3.63) is 30.3 Å². The molecule has 1 aliphatic heterocycles. The second-order valence-corrected chi connectivity index (χ2v) is 5.29. The molecule has 1 aromatic rings. The van der Waals surface area contributed by atoms with Crippen molar-refractivity contribution in [3.63, 3.8) is 0 Å². The summed E-state index contributed by atoms with van der Waals surface area (Å²) in [5.74, 6) is 0.578. The molecule has 4 heteroatoms. The molecule has 1 atom stereocenters. The van der Waals surface area contributed by atoms with Gasteiger partial charge in [0, 0.05) is 18.0 Å². The minimum Gasteiger partial charge on any atom is -0.391 e. The smallest absolute Gasteiger partial charge is 0.233 e. The molecular weight excluding hydrogens is 234 g/mol. The molecule has 92 valence electrons. The number of β-amino-alcohol motifs (C(OH)–C–C–N with tert-alkyl or cyclic N) is 1. The van der Waals surface area contributed by atoms with Gasteiger partial charge >= 0.3 is 0 Å². The zero-order chi connectivity index (χ0) is 12.1. The first-order chi connectivity index (χ1) is 8.25. The Hall–Kier alpha value is -1.00. The molecule has 1 heterocycles. The van der Waals surface area contributed by atoms with Crippen molar-refractivity contribution in [2.45, 2.75) is 23.8 Å². The Morgan fingerprint density at radius 3 is 2.88 bits per heavy atom. The van der Waals surface area contributed by atoms with E-state index in [0.29, 0.717) is 12.3 Å². The third kappa shape index (κ3) is 3.75. The highest BCUT2D eigenvalue weighted by molar-refractivity contribution is 8.00. The molecule has 1 N–H and O–H groups in total. The zero-order valence-electron chi connectivity index (χ0n) is 9.71. The van der Waals surface area contributed by atoms with Crippen LogP contribution in [0.4, 0.5) is 0 Å². The van der Waals surface area contributed by atoms with Crippen molar-refractivity contribution >= 4 is 17.7 Å². The number of aliphatic hydroxyl groups excluding tert-OH is 1. The Bertz CT molecular complexity index is 369. The molecule has 1 aromatic carbocycles. The normalized spacial score (nSPS) is 20.3. The molecule has 0 bridgehead atoms. The van der Waals surface area contributed by atoms with E-state index in [9.17, 15) is 9.90 Å². The lowest BCUT2D eigenvalue weighted by Crippen LogP contribution is -2.42. The monoisotopic (exact) mass is 251 g/mol. The third-order valence-corrected chi connectivity index (χ3v) is 3.85. The van der Waals surface area contributed by atoms with E-state index in [4.69, 9.17) is 0 Å². The SMILES string of the molecule is O=C(CSc1ccccc1)N1CCC[C@H](O)C1. The molecule has 0 aliphatic carbocycles. The van der Waals surface area contributed by atoms with Crippen LogP contribution in [0.15, 0.2) is 35.2 Å². The molecule has 1 aliphatic rings. The Balaban J connectivity index is 1.81. The summed E-state index contributed by atoms with van der Waals surface area (Å²) in [6.07, 6.45) is 1.38. The minimum absolute atomic E-state index is 0.123. The van der Waals surface area contributed by atoms with E-state index in [-0.39, 0.29) is 12.0 Å². The number of amides is 1. The Morgan fingerprint density at radius 1 is 1.41 bits per heavy atom. The largest absolute Gasteiger partial charge is 0.391 e. The summed E-state index contributed by atoms with van der Waals surface area (Å²) in [4.78, 5) is 14.8. The van der Waals surface area contributed by atoms with Gasteiger partial charge in [-0.2, -0.15) is 0 Å². The number of aliphatic hydroxyl groups is 1. The number of rotatable bonds is 3. The number of likely N-dealkylation sites (tertiary alicyclic amines) is 1. The van der Waals surface area contributed by atoms with E-state index in [2.05, 4.69) is 0 Å². The van der Waals surface area contributed by atoms with Crippen LogP contribution in [0.2, 0.25) is 0 Å². The van der Waals surface area contributed by atoms with Crippen molar-refractivity contribution in [2.24, 2.45) is 0 Å². The maximum absolute atomic E-state index is 11.9. The highest BCUT2D eigenvalue weighted by Crippen LogP contribution is 2.18. The van der Waals surface area contributed by atoms with Crippen LogP contribution in [0.5, 0.6) is 0 Å². The van der Waals surface area contributed by atoms with E-state index in [1.54, 1.807) is 16.7 Å². The molecule has 2 rings (SSSR count). The van der Waals surface area contributed by atoms with E-state index < -0.39 is 0 Å². The van der Waals surface area contributed by atoms with Crippen LogP contribution in [0.1, 0.15) is 12.8 Å². The molecular formula is C13H17NO2S. The fraction of sp³-hybridized carbons (Fsp3) is 0.462. The number of nitrogens with zero attached hydrogens (tertiary/aromatic N) is 1. The van der Waals surface area contributed by atoms with Gasteiger partial charge < -0.3 is 10.0 Å². The second kappa shape index (κ2) is 6.07. The van der Waals surface area contributed by atoms with Gasteiger partial charge in [0.2, 0.25) is 5.91 Å². The fourth-order valence-corrected chi connectivity index (χ4v) is 2.76. The number of carbonyl (C=O) groups is 1. The predicted molar refractivity (Wildman–Crippen MR) is 69.0 cm³/mol. The summed E-state index contributed by atoms with van der Waals surface area (Å²) in [5.41, 5.74) is 0. The lowest BCUT2D eigenvalue weighted by molar-refractivity contribution is -0.131. The van der Waals surface area contributed by atoms with E-state index >= 15 is 0 Å². The molecule has 3 nitrogen and oxygen atoms in total. The molecule has 0 spiro atoms. The van der Waals surface area contributed by atoms with Crippen LogP contribution in [-0.2, 0) is 4.79 Å². The van der Waals surface area contributed by atoms with Crippen LogP contribution in [-0.4, -0.2) is 40.9 Å². The molecule has 1 amide bonds. The van der Waals surface area contributed by atoms with Gasteiger partial charge in [0.05, 0.1) is 11.9 Å². The fourth-order valence-electron chi connectivity index (χ4n) is 1.93. The highest BCUT2D eigenvalue weighted by Gasteiger charge is 2.21. The lowest BCUT2D eigenvalue weighted by atomic mass is 10.1. The van der Waals surface area contributed by atoms with Gasteiger partial charge in [-0.05, 0) is 25.0 Å². The topological polar surface area (TPSA) is 40.5 Å². The molecule has 1 fully saturated rings. The van der Waals surface area contributed by atoms with Gasteiger partial charge in [-0.15, -0.1) is 11.8 Å². The molecule has 0 aromatic heterocycles. The van der Waals surface area contributed by atoms with E-state index in [1.807, 2.05) is 30.3 Å². The van der Waals surface area contributed by atoms with Crippen molar-refractivity contribution in [1.29, 1.82) is 0 Å². The van der Waals surface area contributed by atoms with E-state index in [1.165, 1.54) is 0 Å². The average Bonchev–Trinajstić information content (AvgIpc) is 2.37. The molecule has 17 heavy (non-hydrogen) atoms. The minimum atomic E-state index is -0.338. The number of piperidine rings is 1. The Labute approximate surface area is 106 Å². The van der Waals surface area contributed by atoms with Crippen molar-refractivity contribution < 1.29 is 9.90 Å². The number of benzene rings is 1. The Kier molecular flexibility index (Phi) is 4.45. The van der Waals surface area contributed by atoms with Crippen LogP contribution in [0.3, 0.4) is 0 Å². The van der Waals surface area contributed by atoms with Crippen LogP contribution >= 0.6 is 11.8 Å². The molecule has 0 unspecified atom stereocenters. The number of hydrogen-bond acceptors (Lipinski definition) is 3. The average molecular weight is 251 g/mol. The van der Waals surface area contributed by atoms with Gasteiger partial charge in [-0.3, -0.25) is 4.79 Å². The van der Waals surface area contributed by atoms with Gasteiger partial charge in [-0.25, -0.2) is 0 Å². The lowest BCUT2D eigenvalue weighted by Gasteiger charge is -2.30. The number of hydrogen-bond donors (Lipinski definition) is 1. The number of thioether (sulfide) groups is 1. The number of carbonyl (C=O) groups excluding carboxylic acids is 1. The molecule has 0 radical (unpaired) electrons. The summed E-state index contributed by atoms with van der Waals surface area (Å²) in [6.45, 7) is 1.28. The summed E-state index contributed by atoms with van der Waals surface area (Å²) in [6, 6.07) is 9.91. The van der Waals surface area contributed by atoms with Crippen LogP contribution in [0, 0.1) is 0 Å². The van der Waals surface area contributed by atoms with Gasteiger partial charge in [0.1, 0.15) is 0 Å². The van der Waals surface area contributed by atoms with Crippen LogP contribution in [0.25, 0.3) is 0 Å². The summed E-state index contributed by atoms with van der Waals surface area (Å²) < 4.78 is 0. The quantitative estimate of drug-likeness (QED) is 0.832. The Morgan fingerprint density at radius 2 is 2.18 bits per heavy atom. The third-order valence-electron chi connectivity index (χ3n) is 2.85. The standard InChI is InChI=1S/C13H17NO2S/c15-11-5-4-8-14(9-11)13(16)10-17-12-6-2-1-3-7-12/h1-3,6-7,11,15H,4-5,8-10H2/t11-/m0/s1. The first-order valence-corrected chi connectivity index (χ1v) is 6.88. The van der Waals surface area contributed by atoms with E-state index in [0.717, 1.165) is 24.3 Å². The summed E-state index contributed by atoms with van der Waals surface area (Å²) >= 11 is 1.55. The van der Waals surface area contributed by atoms with Gasteiger partial charge in [0.15, 0.2) is 0 Å². The van der Waals surface area contributed by atoms with Crippen molar-refractivity contribution in [1.82, 2.24) is 4.90 Å². The molecule has 0 saturated carbocycles. The zero-order valence-corrected chi connectivity index (χ0v) is 10.5. The highest BCUT2D eigenvalue weighted by atomic mass is 32.2. The second-order valence-electron chi connectivity index (χ2n) is 4.24. The van der Waals surface area contributed by atoms with Crippen LogP contribution < -0.4 is 0 Å². The summed E-state index contributed by atoms with van der Waals surface area (Å²) in [5, 5.41) is 9.51. The maximum atomic E-state index is 11.9. The first-order valence-electron chi connectivity index (χ1n) is 5.89. The predicted octanol–water partition coefficient (Wildman–Crippen LogP) is 1.76. The van der Waals surface area contributed by atoms with Gasteiger partial charge in [-0.1, -0.05) is 18.2 Å². The van der Waals surface area contributed by atoms with Crippen molar-refractivity contribution in [3.8, 4) is 0 Å². The maximum Gasteiger partial charge on any atom is 0.233 e. The van der Waals surface area contributed by atoms with Crippen molar-refractivity contribution in [2.75, 3.05) is 18.8 Å².